The van der Waals surface area contributed by atoms with Crippen LogP contribution >= 0.6 is 15.9 Å². The largest absolute Gasteiger partial charge is 0.311 e. The molecule has 1 heterocycles. The van der Waals surface area contributed by atoms with Crippen molar-refractivity contribution in [1.29, 1.82) is 0 Å². The Hall–Kier alpha value is -1.42. The molecule has 0 atom stereocenters. The number of hydrogen-bond acceptors (Lipinski definition) is 1. The average molecular weight is 338 g/mol. The predicted molar refractivity (Wildman–Crippen MR) is 81.7 cm³/mol. The first-order chi connectivity index (χ1) is 9.51. The van der Waals surface area contributed by atoms with Gasteiger partial charge < -0.3 is 4.90 Å². The van der Waals surface area contributed by atoms with Crippen molar-refractivity contribution in [1.82, 2.24) is 4.90 Å². The Kier molecular flexibility index (Phi) is 4.76. The highest BCUT2D eigenvalue weighted by molar-refractivity contribution is 9.11. The lowest BCUT2D eigenvalue weighted by atomic mass is 10.1. The van der Waals surface area contributed by atoms with Crippen molar-refractivity contribution in [2.45, 2.75) is 33.2 Å². The molecule has 0 radical (unpaired) electrons. The number of amides is 1. The van der Waals surface area contributed by atoms with E-state index in [2.05, 4.69) is 15.9 Å². The van der Waals surface area contributed by atoms with E-state index in [1.807, 2.05) is 25.1 Å². The van der Waals surface area contributed by atoms with E-state index in [9.17, 15) is 9.18 Å². The van der Waals surface area contributed by atoms with E-state index in [4.69, 9.17) is 0 Å². The van der Waals surface area contributed by atoms with Crippen LogP contribution in [0.3, 0.4) is 0 Å². The molecular formula is C16H17BrFNO. The SMILES string of the molecule is C/C=C1\CC(Br)=CCC(=O)N1Cc1ccc(C)c(F)c1. The standard InChI is InChI=1S/C16H17BrFNO/c1-3-14-9-13(17)6-7-16(20)19(14)10-12-5-4-11(2)15(18)8-12/h3-6,8H,7,9-10H2,1-2H3/b14-3+. The van der Waals surface area contributed by atoms with Gasteiger partial charge in [0.05, 0.1) is 6.54 Å². The highest BCUT2D eigenvalue weighted by atomic mass is 79.9. The lowest BCUT2D eigenvalue weighted by Crippen LogP contribution is -2.28. The Balaban J connectivity index is 2.25. The fraction of sp³-hybridized carbons (Fsp3) is 0.312. The fourth-order valence-corrected chi connectivity index (χ4v) is 2.62. The summed E-state index contributed by atoms with van der Waals surface area (Å²) >= 11 is 3.46. The molecule has 0 saturated carbocycles. The van der Waals surface area contributed by atoms with Crippen molar-refractivity contribution in [3.8, 4) is 0 Å². The lowest BCUT2D eigenvalue weighted by Gasteiger charge is -2.24. The minimum absolute atomic E-state index is 0.0357. The highest BCUT2D eigenvalue weighted by Crippen LogP contribution is 2.27. The highest BCUT2D eigenvalue weighted by Gasteiger charge is 2.21. The molecule has 1 aliphatic heterocycles. The number of carbonyl (C=O) groups is 1. The van der Waals surface area contributed by atoms with Gasteiger partial charge in [-0.05, 0) is 35.5 Å². The molecule has 1 aromatic carbocycles. The van der Waals surface area contributed by atoms with Gasteiger partial charge in [0.1, 0.15) is 5.82 Å². The molecule has 0 fully saturated rings. The van der Waals surface area contributed by atoms with Crippen LogP contribution in [-0.2, 0) is 11.3 Å². The monoisotopic (exact) mass is 337 g/mol. The van der Waals surface area contributed by atoms with Crippen LogP contribution in [0.2, 0.25) is 0 Å². The maximum Gasteiger partial charge on any atom is 0.230 e. The molecule has 0 saturated heterocycles. The van der Waals surface area contributed by atoms with Crippen LogP contribution in [0.25, 0.3) is 0 Å². The molecule has 1 amide bonds. The second kappa shape index (κ2) is 6.35. The zero-order valence-corrected chi connectivity index (χ0v) is 13.2. The van der Waals surface area contributed by atoms with Gasteiger partial charge in [-0.25, -0.2) is 4.39 Å². The van der Waals surface area contributed by atoms with E-state index >= 15 is 0 Å². The zero-order chi connectivity index (χ0) is 14.7. The summed E-state index contributed by atoms with van der Waals surface area (Å²) in [5.74, 6) is -0.195. The van der Waals surface area contributed by atoms with Crippen LogP contribution < -0.4 is 0 Å². The third kappa shape index (κ3) is 3.37. The van der Waals surface area contributed by atoms with Gasteiger partial charge in [-0.15, -0.1) is 0 Å². The number of carbonyl (C=O) groups excluding carboxylic acids is 1. The summed E-state index contributed by atoms with van der Waals surface area (Å²) in [6.45, 7) is 4.05. The molecular weight excluding hydrogens is 321 g/mol. The summed E-state index contributed by atoms with van der Waals surface area (Å²) in [5, 5.41) is 0. The summed E-state index contributed by atoms with van der Waals surface area (Å²) in [6.07, 6.45) is 4.88. The number of rotatable bonds is 2. The molecule has 0 N–H and O–H groups in total. The van der Waals surface area contributed by atoms with Crippen molar-refractivity contribution in [2.75, 3.05) is 0 Å². The van der Waals surface area contributed by atoms with Gasteiger partial charge in [0.25, 0.3) is 0 Å². The van der Waals surface area contributed by atoms with Crippen LogP contribution in [0.15, 0.2) is 40.5 Å². The van der Waals surface area contributed by atoms with Gasteiger partial charge >= 0.3 is 0 Å². The maximum absolute atomic E-state index is 13.6. The van der Waals surface area contributed by atoms with Gasteiger partial charge in [-0.1, -0.05) is 40.2 Å². The maximum atomic E-state index is 13.6. The topological polar surface area (TPSA) is 20.3 Å². The zero-order valence-electron chi connectivity index (χ0n) is 11.6. The second-order valence-electron chi connectivity index (χ2n) is 4.88. The van der Waals surface area contributed by atoms with Crippen LogP contribution in [-0.4, -0.2) is 10.8 Å². The van der Waals surface area contributed by atoms with Gasteiger partial charge in [-0.3, -0.25) is 4.79 Å². The number of benzene rings is 1. The first-order valence-corrected chi connectivity index (χ1v) is 7.35. The molecule has 2 nitrogen and oxygen atoms in total. The van der Waals surface area contributed by atoms with Crippen molar-refractivity contribution < 1.29 is 9.18 Å². The van der Waals surface area contributed by atoms with E-state index < -0.39 is 0 Å². The Bertz CT molecular complexity index is 592. The Morgan fingerprint density at radius 3 is 2.85 bits per heavy atom. The van der Waals surface area contributed by atoms with Crippen molar-refractivity contribution in [3.05, 3.63) is 57.5 Å². The van der Waals surface area contributed by atoms with Gasteiger partial charge in [0.15, 0.2) is 0 Å². The summed E-state index contributed by atoms with van der Waals surface area (Å²) in [4.78, 5) is 13.9. The van der Waals surface area contributed by atoms with Crippen molar-refractivity contribution >= 4 is 21.8 Å². The van der Waals surface area contributed by atoms with Crippen molar-refractivity contribution in [2.24, 2.45) is 0 Å². The average Bonchev–Trinajstić information content (AvgIpc) is 2.55. The van der Waals surface area contributed by atoms with E-state index in [1.165, 1.54) is 6.07 Å². The first kappa shape index (κ1) is 15.0. The van der Waals surface area contributed by atoms with Gasteiger partial charge in [0, 0.05) is 18.5 Å². The normalized spacial score (nSPS) is 18.2. The van der Waals surface area contributed by atoms with Crippen LogP contribution in [0.5, 0.6) is 0 Å². The van der Waals surface area contributed by atoms with E-state index in [0.717, 1.165) is 15.7 Å². The Morgan fingerprint density at radius 1 is 1.45 bits per heavy atom. The third-order valence-corrected chi connectivity index (χ3v) is 4.01. The van der Waals surface area contributed by atoms with Crippen molar-refractivity contribution in [3.63, 3.8) is 0 Å². The number of halogens is 2. The van der Waals surface area contributed by atoms with Gasteiger partial charge in [-0.2, -0.15) is 0 Å². The number of allylic oxidation sites excluding steroid dienone is 2. The lowest BCUT2D eigenvalue weighted by molar-refractivity contribution is -0.128. The van der Waals surface area contributed by atoms with E-state index in [-0.39, 0.29) is 11.7 Å². The molecule has 1 aromatic rings. The summed E-state index contributed by atoms with van der Waals surface area (Å²) in [7, 11) is 0. The van der Waals surface area contributed by atoms with Gasteiger partial charge in [0.2, 0.25) is 5.91 Å². The fourth-order valence-electron chi connectivity index (χ4n) is 2.17. The molecule has 0 bridgehead atoms. The summed E-state index contributed by atoms with van der Waals surface area (Å²) < 4.78 is 14.6. The van der Waals surface area contributed by atoms with Crippen LogP contribution in [0.1, 0.15) is 30.9 Å². The molecule has 4 heteroatoms. The Morgan fingerprint density at radius 2 is 2.20 bits per heavy atom. The molecule has 0 spiro atoms. The van der Waals surface area contributed by atoms with Crippen LogP contribution in [0, 0.1) is 12.7 Å². The van der Waals surface area contributed by atoms with Crippen LogP contribution in [0.4, 0.5) is 4.39 Å². The molecule has 0 aromatic heterocycles. The van der Waals surface area contributed by atoms with E-state index in [0.29, 0.717) is 24.9 Å². The third-order valence-electron chi connectivity index (χ3n) is 3.41. The van der Waals surface area contributed by atoms with E-state index in [1.54, 1.807) is 17.9 Å². The second-order valence-corrected chi connectivity index (χ2v) is 5.89. The number of aryl methyl sites for hydroxylation is 1. The minimum atomic E-state index is -0.230. The molecule has 0 aliphatic carbocycles. The Labute approximate surface area is 127 Å². The summed E-state index contributed by atoms with van der Waals surface area (Å²) in [5.41, 5.74) is 2.36. The molecule has 0 unspecified atom stereocenters. The summed E-state index contributed by atoms with van der Waals surface area (Å²) in [6, 6.07) is 5.12. The minimum Gasteiger partial charge on any atom is -0.311 e. The molecule has 1 aliphatic rings. The molecule has 20 heavy (non-hydrogen) atoms. The number of nitrogens with zero attached hydrogens (tertiary/aromatic N) is 1. The predicted octanol–water partition coefficient (Wildman–Crippen LogP) is 4.44. The molecule has 106 valence electrons. The first-order valence-electron chi connectivity index (χ1n) is 6.56. The molecule has 2 rings (SSSR count). The quantitative estimate of drug-likeness (QED) is 0.781. The number of hydrogen-bond donors (Lipinski definition) is 0. The smallest absolute Gasteiger partial charge is 0.230 e.